The van der Waals surface area contributed by atoms with Crippen LogP contribution in [0, 0.1) is 0 Å². The number of Topliss-reactive ketones (excluding diaryl/α,β-unsaturated/α-hetero) is 1. The van der Waals surface area contributed by atoms with Crippen molar-refractivity contribution in [1.29, 1.82) is 0 Å². The number of carbonyl (C=O) groups is 1. The molecule has 0 radical (unpaired) electrons. The van der Waals surface area contributed by atoms with E-state index in [9.17, 15) is 4.79 Å². The Kier molecular flexibility index (Phi) is 5.23. The van der Waals surface area contributed by atoms with Crippen LogP contribution < -0.4 is 0 Å². The molecule has 0 bridgehead atoms. The van der Waals surface area contributed by atoms with Crippen LogP contribution in [0.3, 0.4) is 0 Å². The number of carbonyl (C=O) groups excluding carboxylic acids is 1. The van der Waals surface area contributed by atoms with E-state index in [-0.39, 0.29) is 5.78 Å². The molecule has 0 aliphatic rings. The van der Waals surface area contributed by atoms with E-state index >= 15 is 0 Å². The van der Waals surface area contributed by atoms with Crippen LogP contribution in [0.25, 0.3) is 0 Å². The summed E-state index contributed by atoms with van der Waals surface area (Å²) in [4.78, 5) is 13.5. The first-order valence-corrected chi connectivity index (χ1v) is 10.2. The third-order valence-electron chi connectivity index (χ3n) is 2.06. The Balaban J connectivity index is 2.96. The molecule has 0 N–H and O–H groups in total. The van der Waals surface area contributed by atoms with E-state index in [4.69, 9.17) is 4.43 Å². The summed E-state index contributed by atoms with van der Waals surface area (Å²) in [5.41, 5.74) is 0. The molecule has 0 saturated carbocycles. The highest BCUT2D eigenvalue weighted by atomic mass is 32.2. The van der Waals surface area contributed by atoms with Crippen LogP contribution in [0.2, 0.25) is 19.6 Å². The van der Waals surface area contributed by atoms with Crippen LogP contribution in [0.15, 0.2) is 45.9 Å². The maximum absolute atomic E-state index is 11.7. The number of allylic oxidation sites excluding steroid dienone is 2. The molecule has 0 heterocycles. The Bertz CT molecular complexity index is 447. The Hall–Kier alpha value is -1.00. The Morgan fingerprint density at radius 3 is 2.11 bits per heavy atom. The smallest absolute Gasteiger partial charge is 0.241 e. The van der Waals surface area contributed by atoms with Gasteiger partial charge in [-0.2, -0.15) is 0 Å². The monoisotopic (exact) mass is 280 g/mol. The van der Waals surface area contributed by atoms with Crippen molar-refractivity contribution in [3.05, 3.63) is 41.0 Å². The first-order valence-electron chi connectivity index (χ1n) is 5.93. The second-order valence-corrected chi connectivity index (χ2v) is 10.6. The van der Waals surface area contributed by atoms with Crippen molar-refractivity contribution >= 4 is 25.9 Å². The van der Waals surface area contributed by atoms with Gasteiger partial charge in [-0.15, -0.1) is 0 Å². The molecule has 4 heteroatoms. The van der Waals surface area contributed by atoms with E-state index < -0.39 is 8.32 Å². The summed E-state index contributed by atoms with van der Waals surface area (Å²) >= 11 is 1.47. The van der Waals surface area contributed by atoms with E-state index in [1.165, 1.54) is 11.8 Å². The summed E-state index contributed by atoms with van der Waals surface area (Å²) < 4.78 is 5.91. The average molecular weight is 280 g/mol. The Morgan fingerprint density at radius 2 is 1.67 bits per heavy atom. The number of benzene rings is 1. The number of hydrogen-bond donors (Lipinski definition) is 0. The van der Waals surface area contributed by atoms with Gasteiger partial charge in [-0.05, 0) is 45.6 Å². The quantitative estimate of drug-likeness (QED) is 0.345. The molecular formula is C14H20O2SSi. The van der Waals surface area contributed by atoms with Gasteiger partial charge in [-0.1, -0.05) is 30.0 Å². The van der Waals surface area contributed by atoms with Gasteiger partial charge in [-0.3, -0.25) is 4.79 Å². The van der Waals surface area contributed by atoms with Crippen molar-refractivity contribution in [2.24, 2.45) is 0 Å². The second kappa shape index (κ2) is 6.25. The van der Waals surface area contributed by atoms with E-state index in [2.05, 4.69) is 19.6 Å². The van der Waals surface area contributed by atoms with Gasteiger partial charge in [0.25, 0.3) is 0 Å². The third kappa shape index (κ3) is 5.10. The molecule has 0 atom stereocenters. The van der Waals surface area contributed by atoms with Crippen molar-refractivity contribution in [2.45, 2.75) is 38.4 Å². The molecule has 1 aromatic rings. The maximum atomic E-state index is 11.7. The van der Waals surface area contributed by atoms with Crippen LogP contribution in [-0.2, 0) is 9.22 Å². The van der Waals surface area contributed by atoms with E-state index in [0.29, 0.717) is 4.91 Å². The molecule has 0 aromatic heterocycles. The maximum Gasteiger partial charge on any atom is 0.241 e. The van der Waals surface area contributed by atoms with Crippen molar-refractivity contribution < 1.29 is 9.22 Å². The molecule has 18 heavy (non-hydrogen) atoms. The summed E-state index contributed by atoms with van der Waals surface area (Å²) in [6.07, 6.45) is 0. The van der Waals surface area contributed by atoms with Gasteiger partial charge in [0, 0.05) is 4.90 Å². The van der Waals surface area contributed by atoms with E-state index in [1.807, 2.05) is 37.3 Å². The Labute approximate surface area is 115 Å². The fourth-order valence-electron chi connectivity index (χ4n) is 1.50. The topological polar surface area (TPSA) is 26.3 Å². The van der Waals surface area contributed by atoms with Crippen molar-refractivity contribution in [1.82, 2.24) is 0 Å². The molecular weight excluding hydrogens is 260 g/mol. The highest BCUT2D eigenvalue weighted by Crippen LogP contribution is 2.30. The molecule has 0 fully saturated rings. The first-order chi connectivity index (χ1) is 8.29. The van der Waals surface area contributed by atoms with Crippen LogP contribution in [0.5, 0.6) is 0 Å². The SMILES string of the molecule is CC(=O)/C(Sc1ccccc1)=C(/C)O[Si](C)(C)C. The molecule has 1 rings (SSSR count). The molecule has 0 aliphatic carbocycles. The van der Waals surface area contributed by atoms with Gasteiger partial charge in [-0.25, -0.2) is 0 Å². The summed E-state index contributed by atoms with van der Waals surface area (Å²) in [7, 11) is -1.67. The summed E-state index contributed by atoms with van der Waals surface area (Å²) in [6.45, 7) is 9.80. The minimum absolute atomic E-state index is 0.0552. The fraction of sp³-hybridized carbons (Fsp3) is 0.357. The van der Waals surface area contributed by atoms with Gasteiger partial charge in [0.2, 0.25) is 8.32 Å². The molecule has 0 unspecified atom stereocenters. The van der Waals surface area contributed by atoms with Gasteiger partial charge in [0.15, 0.2) is 5.78 Å². The third-order valence-corrected chi connectivity index (χ3v) is 4.27. The van der Waals surface area contributed by atoms with Gasteiger partial charge >= 0.3 is 0 Å². The highest BCUT2D eigenvalue weighted by Gasteiger charge is 2.20. The highest BCUT2D eigenvalue weighted by molar-refractivity contribution is 8.04. The number of thioether (sulfide) groups is 1. The van der Waals surface area contributed by atoms with Crippen molar-refractivity contribution in [3.63, 3.8) is 0 Å². The second-order valence-electron chi connectivity index (χ2n) is 5.07. The molecule has 0 amide bonds. The molecule has 2 nitrogen and oxygen atoms in total. The predicted molar refractivity (Wildman–Crippen MR) is 80.1 cm³/mol. The van der Waals surface area contributed by atoms with Gasteiger partial charge in [0.1, 0.15) is 0 Å². The zero-order valence-electron chi connectivity index (χ0n) is 11.6. The molecule has 0 spiro atoms. The van der Waals surface area contributed by atoms with Crippen LogP contribution >= 0.6 is 11.8 Å². The fourth-order valence-corrected chi connectivity index (χ4v) is 3.46. The summed E-state index contributed by atoms with van der Waals surface area (Å²) in [5, 5.41) is 0. The molecule has 1 aromatic carbocycles. The van der Waals surface area contributed by atoms with Gasteiger partial charge in [0.05, 0.1) is 10.7 Å². The van der Waals surface area contributed by atoms with Crippen LogP contribution in [-0.4, -0.2) is 14.1 Å². The summed E-state index contributed by atoms with van der Waals surface area (Å²) in [6, 6.07) is 9.89. The predicted octanol–water partition coefficient (Wildman–Crippen LogP) is 4.45. The lowest BCUT2D eigenvalue weighted by atomic mass is 10.4. The number of hydrogen-bond acceptors (Lipinski definition) is 3. The lowest BCUT2D eigenvalue weighted by Gasteiger charge is -2.21. The lowest BCUT2D eigenvalue weighted by molar-refractivity contribution is -0.113. The lowest BCUT2D eigenvalue weighted by Crippen LogP contribution is -2.25. The average Bonchev–Trinajstić information content (AvgIpc) is 2.24. The summed E-state index contributed by atoms with van der Waals surface area (Å²) in [5.74, 6) is 0.801. The van der Waals surface area contributed by atoms with Crippen LogP contribution in [0.1, 0.15) is 13.8 Å². The Morgan fingerprint density at radius 1 is 1.11 bits per heavy atom. The molecule has 98 valence electrons. The van der Waals surface area contributed by atoms with Gasteiger partial charge < -0.3 is 4.43 Å². The zero-order chi connectivity index (χ0) is 13.8. The van der Waals surface area contributed by atoms with Crippen molar-refractivity contribution in [2.75, 3.05) is 0 Å². The normalized spacial score (nSPS) is 12.9. The minimum atomic E-state index is -1.67. The zero-order valence-corrected chi connectivity index (χ0v) is 13.4. The minimum Gasteiger partial charge on any atom is -0.546 e. The standard InChI is InChI=1S/C14H20O2SSi/c1-11(15)14(12(2)16-18(3,4)5)17-13-9-7-6-8-10-13/h6-10H,1-5H3/b14-12+. The van der Waals surface area contributed by atoms with Crippen molar-refractivity contribution in [3.8, 4) is 0 Å². The molecule has 0 saturated heterocycles. The largest absolute Gasteiger partial charge is 0.546 e. The number of ketones is 1. The number of rotatable bonds is 5. The van der Waals surface area contributed by atoms with E-state index in [1.54, 1.807) is 6.92 Å². The van der Waals surface area contributed by atoms with Crippen LogP contribution in [0.4, 0.5) is 0 Å². The molecule has 0 aliphatic heterocycles. The van der Waals surface area contributed by atoms with E-state index in [0.717, 1.165) is 10.7 Å². The first kappa shape index (κ1) is 15.1.